The lowest BCUT2D eigenvalue weighted by Gasteiger charge is -2.14. The monoisotopic (exact) mass is 400 g/mol. The topological polar surface area (TPSA) is 88.1 Å². The van der Waals surface area contributed by atoms with Crippen LogP contribution in [0.1, 0.15) is 18.9 Å². The van der Waals surface area contributed by atoms with E-state index in [0.29, 0.717) is 16.4 Å². The molecule has 0 bridgehead atoms. The predicted molar refractivity (Wildman–Crippen MR) is 110 cm³/mol. The van der Waals surface area contributed by atoms with Gasteiger partial charge in [0.1, 0.15) is 5.25 Å². The van der Waals surface area contributed by atoms with Crippen LogP contribution in [-0.4, -0.2) is 27.9 Å². The summed E-state index contributed by atoms with van der Waals surface area (Å²) in [6, 6.07) is 16.0. The van der Waals surface area contributed by atoms with Crippen molar-refractivity contribution in [2.24, 2.45) is 15.9 Å². The van der Waals surface area contributed by atoms with Crippen LogP contribution in [0.3, 0.4) is 0 Å². The number of halogens is 1. The lowest BCUT2D eigenvalue weighted by Crippen LogP contribution is -2.31. The Hall–Kier alpha value is -2.64. The highest BCUT2D eigenvalue weighted by Crippen LogP contribution is 2.29. The van der Waals surface area contributed by atoms with Crippen LogP contribution in [0.4, 0.5) is 5.69 Å². The number of carbonyl (C=O) groups is 2. The van der Waals surface area contributed by atoms with Gasteiger partial charge < -0.3 is 5.73 Å². The van der Waals surface area contributed by atoms with Gasteiger partial charge in [0, 0.05) is 11.4 Å². The number of hydrogen-bond donors (Lipinski definition) is 1. The lowest BCUT2D eigenvalue weighted by atomic mass is 10.1. The van der Waals surface area contributed by atoms with Gasteiger partial charge in [0.05, 0.1) is 11.4 Å². The second kappa shape index (κ2) is 8.37. The number of imide groups is 1. The van der Waals surface area contributed by atoms with E-state index in [9.17, 15) is 9.59 Å². The fourth-order valence-electron chi connectivity index (χ4n) is 2.59. The first-order chi connectivity index (χ1) is 13.0. The number of thioether (sulfide) groups is 1. The molecule has 0 spiro atoms. The highest BCUT2D eigenvalue weighted by molar-refractivity contribution is 8.14. The summed E-state index contributed by atoms with van der Waals surface area (Å²) in [6.07, 6.45) is 0.0779. The second-order valence-electron chi connectivity index (χ2n) is 5.84. The number of anilines is 1. The summed E-state index contributed by atoms with van der Waals surface area (Å²) in [5, 5.41) is 8.23. The summed E-state index contributed by atoms with van der Waals surface area (Å²) in [7, 11) is 0. The zero-order chi connectivity index (χ0) is 19.4. The molecule has 1 saturated heterocycles. The van der Waals surface area contributed by atoms with E-state index in [1.165, 1.54) is 4.90 Å². The van der Waals surface area contributed by atoms with Crippen molar-refractivity contribution in [1.29, 1.82) is 0 Å². The molecule has 1 fully saturated rings. The molecule has 1 aliphatic heterocycles. The average Bonchev–Trinajstić information content (AvgIpc) is 2.94. The number of carbonyl (C=O) groups excluding carboxylic acids is 2. The number of rotatable bonds is 4. The van der Waals surface area contributed by atoms with Gasteiger partial charge in [0.25, 0.3) is 0 Å². The molecule has 0 unspecified atom stereocenters. The quantitative estimate of drug-likeness (QED) is 0.368. The maximum absolute atomic E-state index is 12.6. The van der Waals surface area contributed by atoms with Gasteiger partial charge >= 0.3 is 0 Å². The molecule has 1 heterocycles. The molecule has 8 heteroatoms. The molecule has 2 aromatic rings. The van der Waals surface area contributed by atoms with E-state index in [1.54, 1.807) is 43.3 Å². The minimum Gasteiger partial charge on any atom is -0.377 e. The van der Waals surface area contributed by atoms with Crippen molar-refractivity contribution in [2.75, 3.05) is 4.90 Å². The Morgan fingerprint density at radius 2 is 1.78 bits per heavy atom. The van der Waals surface area contributed by atoms with Gasteiger partial charge in [0.15, 0.2) is 5.17 Å². The fourth-order valence-corrected chi connectivity index (χ4v) is 3.52. The molecule has 1 atom stereocenters. The minimum absolute atomic E-state index is 0.0779. The molecule has 2 amide bonds. The Morgan fingerprint density at radius 3 is 2.44 bits per heavy atom. The van der Waals surface area contributed by atoms with Crippen molar-refractivity contribution in [3.8, 4) is 0 Å². The number of amides is 2. The first-order valence-corrected chi connectivity index (χ1v) is 9.43. The fraction of sp³-hybridized carbons (Fsp3) is 0.158. The number of hydrogen-bond acceptors (Lipinski definition) is 5. The molecule has 27 heavy (non-hydrogen) atoms. The number of benzene rings is 2. The van der Waals surface area contributed by atoms with E-state index in [4.69, 9.17) is 17.3 Å². The van der Waals surface area contributed by atoms with Crippen LogP contribution in [0.2, 0.25) is 5.02 Å². The van der Waals surface area contributed by atoms with Gasteiger partial charge in [-0.3, -0.25) is 9.59 Å². The molecule has 3 rings (SSSR count). The molecular formula is C19H17ClN4O2S. The van der Waals surface area contributed by atoms with Crippen molar-refractivity contribution in [3.05, 3.63) is 65.2 Å². The smallest absolute Gasteiger partial charge is 0.247 e. The Labute approximate surface area is 166 Å². The van der Waals surface area contributed by atoms with Crippen molar-refractivity contribution < 1.29 is 9.59 Å². The van der Waals surface area contributed by atoms with Crippen LogP contribution in [0, 0.1) is 0 Å². The van der Waals surface area contributed by atoms with E-state index < -0.39 is 5.25 Å². The third-order valence-corrected chi connectivity index (χ3v) is 5.17. The maximum Gasteiger partial charge on any atom is 0.247 e. The molecule has 0 radical (unpaired) electrons. The molecule has 0 aliphatic carbocycles. The van der Waals surface area contributed by atoms with Crippen molar-refractivity contribution in [1.82, 2.24) is 0 Å². The van der Waals surface area contributed by atoms with Gasteiger partial charge in [-0.25, -0.2) is 4.90 Å². The van der Waals surface area contributed by atoms with E-state index in [-0.39, 0.29) is 23.4 Å². The summed E-state index contributed by atoms with van der Waals surface area (Å²) in [6.45, 7) is 1.80. The molecule has 6 nitrogen and oxygen atoms in total. The zero-order valence-electron chi connectivity index (χ0n) is 14.5. The van der Waals surface area contributed by atoms with E-state index >= 15 is 0 Å². The van der Waals surface area contributed by atoms with E-state index in [0.717, 1.165) is 17.3 Å². The van der Waals surface area contributed by atoms with Gasteiger partial charge in [-0.05, 0) is 36.8 Å². The standard InChI is InChI=1S/C19H17ClN4O2S/c1-12(13-7-9-14(20)10-8-13)22-23-19(21)27-16-11-17(25)24(18(16)26)15-5-3-2-4-6-15/h2-10,16H,11H2,1H3,(H2,21,23)/b22-12-/t16-/m1/s1. The largest absolute Gasteiger partial charge is 0.377 e. The van der Waals surface area contributed by atoms with Crippen LogP contribution in [0.5, 0.6) is 0 Å². The van der Waals surface area contributed by atoms with Gasteiger partial charge in [0.2, 0.25) is 11.8 Å². The number of amidine groups is 1. The highest BCUT2D eigenvalue weighted by Gasteiger charge is 2.40. The summed E-state index contributed by atoms with van der Waals surface area (Å²) < 4.78 is 0. The Morgan fingerprint density at radius 1 is 1.11 bits per heavy atom. The van der Waals surface area contributed by atoms with Crippen LogP contribution >= 0.6 is 23.4 Å². The van der Waals surface area contributed by atoms with Crippen molar-refractivity contribution in [3.63, 3.8) is 0 Å². The number of nitrogens with two attached hydrogens (primary N) is 1. The summed E-state index contributed by atoms with van der Waals surface area (Å²) in [5.74, 6) is -0.551. The Kier molecular flexibility index (Phi) is 5.93. The molecule has 138 valence electrons. The number of para-hydroxylation sites is 1. The van der Waals surface area contributed by atoms with Crippen LogP contribution in [0.25, 0.3) is 0 Å². The molecule has 0 saturated carbocycles. The summed E-state index contributed by atoms with van der Waals surface area (Å²) in [4.78, 5) is 26.0. The Bertz CT molecular complexity index is 913. The van der Waals surface area contributed by atoms with Gasteiger partial charge in [-0.2, -0.15) is 5.10 Å². The third kappa shape index (κ3) is 4.56. The highest BCUT2D eigenvalue weighted by atomic mass is 35.5. The molecule has 0 aromatic heterocycles. The average molecular weight is 401 g/mol. The third-order valence-electron chi connectivity index (χ3n) is 3.94. The van der Waals surface area contributed by atoms with Crippen LogP contribution in [-0.2, 0) is 9.59 Å². The van der Waals surface area contributed by atoms with Crippen molar-refractivity contribution in [2.45, 2.75) is 18.6 Å². The second-order valence-corrected chi connectivity index (χ2v) is 7.50. The first kappa shape index (κ1) is 19.1. The normalized spacial score (nSPS) is 18.3. The first-order valence-electron chi connectivity index (χ1n) is 8.18. The predicted octanol–water partition coefficient (Wildman–Crippen LogP) is 3.44. The van der Waals surface area contributed by atoms with Crippen LogP contribution < -0.4 is 10.6 Å². The SMILES string of the molecule is C/C(=N/N=C(N)S[C@@H]1CC(=O)N(c2ccccc2)C1=O)c1ccc(Cl)cc1. The minimum atomic E-state index is -0.604. The van der Waals surface area contributed by atoms with Gasteiger partial charge in [-0.15, -0.1) is 5.10 Å². The zero-order valence-corrected chi connectivity index (χ0v) is 16.1. The van der Waals surface area contributed by atoms with Crippen molar-refractivity contribution >= 4 is 51.7 Å². The number of nitrogens with zero attached hydrogens (tertiary/aromatic N) is 3. The van der Waals surface area contributed by atoms with Crippen LogP contribution in [0.15, 0.2) is 64.8 Å². The molecular weight excluding hydrogens is 384 g/mol. The lowest BCUT2D eigenvalue weighted by molar-refractivity contribution is -0.121. The van der Waals surface area contributed by atoms with E-state index in [1.807, 2.05) is 18.2 Å². The molecule has 1 aliphatic rings. The van der Waals surface area contributed by atoms with E-state index in [2.05, 4.69) is 10.2 Å². The molecule has 2 N–H and O–H groups in total. The molecule has 2 aromatic carbocycles. The Balaban J connectivity index is 1.68. The van der Waals surface area contributed by atoms with Gasteiger partial charge in [-0.1, -0.05) is 53.7 Å². The maximum atomic E-state index is 12.6. The summed E-state index contributed by atoms with van der Waals surface area (Å²) in [5.41, 5.74) is 7.98. The summed E-state index contributed by atoms with van der Waals surface area (Å²) >= 11 is 6.91.